The Labute approximate surface area is 236 Å². The van der Waals surface area contributed by atoms with Gasteiger partial charge >= 0.3 is 0 Å². The van der Waals surface area contributed by atoms with Gasteiger partial charge < -0.3 is 4.42 Å². The van der Waals surface area contributed by atoms with Crippen molar-refractivity contribution in [2.24, 2.45) is 0 Å². The fourth-order valence-electron chi connectivity index (χ4n) is 6.44. The average molecular weight is 523 g/mol. The smallest absolute Gasteiger partial charge is 0.159 e. The largest absolute Gasteiger partial charge is 0.455 e. The topological polar surface area (TPSA) is 38.9 Å². The van der Waals surface area contributed by atoms with E-state index in [4.69, 9.17) is 9.40 Å². The zero-order valence-corrected chi connectivity index (χ0v) is 22.0. The summed E-state index contributed by atoms with van der Waals surface area (Å²) < 4.78 is 6.43. The SMILES string of the molecule is c1ccc2c(c1)-c1ccccc1-c1cc3cccnc3nc1-c1cc(-c3cccc4c3oc3ccccc34)ccc1-2. The van der Waals surface area contributed by atoms with Gasteiger partial charge in [0.15, 0.2) is 5.65 Å². The molecule has 5 aromatic carbocycles. The third-order valence-electron chi connectivity index (χ3n) is 8.30. The molecule has 0 fully saturated rings. The zero-order valence-electron chi connectivity index (χ0n) is 22.0. The van der Waals surface area contributed by atoms with Gasteiger partial charge in [-0.3, -0.25) is 0 Å². The zero-order chi connectivity index (χ0) is 26.9. The van der Waals surface area contributed by atoms with Crippen LogP contribution in [0.2, 0.25) is 0 Å². The van der Waals surface area contributed by atoms with Gasteiger partial charge in [0.1, 0.15) is 11.2 Å². The van der Waals surface area contributed by atoms with E-state index >= 15 is 0 Å². The summed E-state index contributed by atoms with van der Waals surface area (Å²) in [5.74, 6) is 0. The summed E-state index contributed by atoms with van der Waals surface area (Å²) in [7, 11) is 0. The molecule has 3 heterocycles. The van der Waals surface area contributed by atoms with E-state index in [-0.39, 0.29) is 0 Å². The van der Waals surface area contributed by atoms with Gasteiger partial charge in [-0.05, 0) is 63.7 Å². The number of pyridine rings is 2. The molecule has 190 valence electrons. The van der Waals surface area contributed by atoms with E-state index in [0.29, 0.717) is 0 Å². The highest BCUT2D eigenvalue weighted by molar-refractivity contribution is 6.10. The van der Waals surface area contributed by atoms with E-state index in [1.807, 2.05) is 24.4 Å². The number of benzene rings is 5. The van der Waals surface area contributed by atoms with E-state index in [1.54, 1.807) is 0 Å². The van der Waals surface area contributed by atoms with Crippen LogP contribution in [0.15, 0.2) is 138 Å². The maximum atomic E-state index is 6.43. The molecule has 1 aliphatic rings. The number of hydrogen-bond acceptors (Lipinski definition) is 3. The van der Waals surface area contributed by atoms with Crippen molar-refractivity contribution in [1.29, 1.82) is 0 Å². The number of para-hydroxylation sites is 2. The van der Waals surface area contributed by atoms with Crippen molar-refractivity contribution in [2.75, 3.05) is 0 Å². The standard InChI is InChI=1S/C38H22N2O/c1-2-12-28-26(10-1)27-11-3-4-13-29(27)34-22-24-9-8-20-39-38(24)40-36(34)33-21-23(18-19-30(28)33)25-15-7-16-32-31-14-5-6-17-35(31)41-37(25)32/h1-22H. The number of nitrogens with zero attached hydrogens (tertiary/aromatic N) is 2. The molecule has 9 rings (SSSR count). The lowest BCUT2D eigenvalue weighted by molar-refractivity contribution is 0.670. The predicted molar refractivity (Wildman–Crippen MR) is 168 cm³/mol. The Kier molecular flexibility index (Phi) is 4.61. The molecule has 0 amide bonds. The van der Waals surface area contributed by atoms with Crippen molar-refractivity contribution in [2.45, 2.75) is 0 Å². The van der Waals surface area contributed by atoms with Crippen LogP contribution in [0.1, 0.15) is 0 Å². The van der Waals surface area contributed by atoms with Crippen LogP contribution in [0.4, 0.5) is 0 Å². The highest BCUT2D eigenvalue weighted by Crippen LogP contribution is 2.48. The second-order valence-electron chi connectivity index (χ2n) is 10.6. The second kappa shape index (κ2) is 8.48. The maximum Gasteiger partial charge on any atom is 0.159 e. The molecule has 0 spiro atoms. The van der Waals surface area contributed by atoms with Crippen LogP contribution in [0, 0.1) is 0 Å². The Morgan fingerprint density at radius 2 is 1.12 bits per heavy atom. The van der Waals surface area contributed by atoms with Crippen LogP contribution in [0.25, 0.3) is 88.7 Å². The lowest BCUT2D eigenvalue weighted by Crippen LogP contribution is -2.00. The summed E-state index contributed by atoms with van der Waals surface area (Å²) in [5, 5.41) is 3.28. The van der Waals surface area contributed by atoms with E-state index in [0.717, 1.165) is 66.5 Å². The van der Waals surface area contributed by atoms with Crippen molar-refractivity contribution >= 4 is 33.0 Å². The minimum atomic E-state index is 0.744. The van der Waals surface area contributed by atoms with E-state index < -0.39 is 0 Å². The molecule has 3 heteroatoms. The predicted octanol–water partition coefficient (Wildman–Crippen LogP) is 10.2. The van der Waals surface area contributed by atoms with Crippen molar-refractivity contribution in [3.05, 3.63) is 134 Å². The number of furan rings is 1. The van der Waals surface area contributed by atoms with E-state index in [9.17, 15) is 0 Å². The van der Waals surface area contributed by atoms with Gasteiger partial charge in [0.05, 0.1) is 5.69 Å². The molecule has 0 aliphatic heterocycles. The minimum Gasteiger partial charge on any atom is -0.455 e. The van der Waals surface area contributed by atoms with Gasteiger partial charge in [0.2, 0.25) is 0 Å². The quantitative estimate of drug-likeness (QED) is 0.215. The van der Waals surface area contributed by atoms with Crippen molar-refractivity contribution in [3.8, 4) is 55.8 Å². The molecule has 0 atom stereocenters. The third-order valence-corrected chi connectivity index (χ3v) is 8.30. The van der Waals surface area contributed by atoms with Crippen LogP contribution >= 0.6 is 0 Å². The van der Waals surface area contributed by atoms with Crippen LogP contribution in [0.3, 0.4) is 0 Å². The van der Waals surface area contributed by atoms with Crippen molar-refractivity contribution < 1.29 is 4.42 Å². The van der Waals surface area contributed by atoms with Crippen LogP contribution in [-0.2, 0) is 0 Å². The Balaban J connectivity index is 1.40. The molecule has 3 aromatic heterocycles. The first kappa shape index (κ1) is 22.3. The molecule has 0 saturated carbocycles. The lowest BCUT2D eigenvalue weighted by atomic mass is 9.81. The molecule has 8 aromatic rings. The molecule has 0 radical (unpaired) electrons. The van der Waals surface area contributed by atoms with Crippen LogP contribution < -0.4 is 0 Å². The molecule has 0 N–H and O–H groups in total. The van der Waals surface area contributed by atoms with Gasteiger partial charge in [-0.15, -0.1) is 0 Å². The highest BCUT2D eigenvalue weighted by atomic mass is 16.3. The van der Waals surface area contributed by atoms with Gasteiger partial charge in [0.25, 0.3) is 0 Å². The first-order chi connectivity index (χ1) is 20.3. The molecule has 41 heavy (non-hydrogen) atoms. The molecule has 0 bridgehead atoms. The molecular formula is C38H22N2O. The molecule has 3 nitrogen and oxygen atoms in total. The maximum absolute atomic E-state index is 6.43. The second-order valence-corrected chi connectivity index (χ2v) is 10.6. The summed E-state index contributed by atoms with van der Waals surface area (Å²) in [6, 6.07) is 45.0. The molecule has 1 aliphatic carbocycles. The normalized spacial score (nSPS) is 11.9. The summed E-state index contributed by atoms with van der Waals surface area (Å²) in [4.78, 5) is 9.86. The highest BCUT2D eigenvalue weighted by Gasteiger charge is 2.24. The average Bonchev–Trinajstić information content (AvgIpc) is 3.42. The molecular weight excluding hydrogens is 500 g/mol. The third kappa shape index (κ3) is 3.26. The van der Waals surface area contributed by atoms with Gasteiger partial charge in [-0.2, -0.15) is 0 Å². The molecule has 0 saturated heterocycles. The summed E-state index contributed by atoms with van der Waals surface area (Å²) in [6.07, 6.45) is 1.81. The Morgan fingerprint density at radius 1 is 0.463 bits per heavy atom. The number of aromatic nitrogens is 2. The fraction of sp³-hybridized carbons (Fsp3) is 0. The lowest BCUT2D eigenvalue weighted by Gasteiger charge is -2.23. The number of hydrogen-bond donors (Lipinski definition) is 0. The Bertz CT molecular complexity index is 2330. The summed E-state index contributed by atoms with van der Waals surface area (Å²) in [6.45, 7) is 0. The van der Waals surface area contributed by atoms with Gasteiger partial charge in [-0.1, -0.05) is 97.1 Å². The molecule has 0 unspecified atom stereocenters. The Hall–Kier alpha value is -5.54. The Morgan fingerprint density at radius 3 is 1.93 bits per heavy atom. The minimum absolute atomic E-state index is 0.744. The fourth-order valence-corrected chi connectivity index (χ4v) is 6.44. The summed E-state index contributed by atoms with van der Waals surface area (Å²) >= 11 is 0. The van der Waals surface area contributed by atoms with Crippen LogP contribution in [-0.4, -0.2) is 9.97 Å². The monoisotopic (exact) mass is 522 g/mol. The van der Waals surface area contributed by atoms with Crippen molar-refractivity contribution in [3.63, 3.8) is 0 Å². The number of fused-ring (bicyclic) bond motifs is 12. The van der Waals surface area contributed by atoms with E-state index in [2.05, 4.69) is 114 Å². The first-order valence-electron chi connectivity index (χ1n) is 13.8. The summed E-state index contributed by atoms with van der Waals surface area (Å²) in [5.41, 5.74) is 13.8. The van der Waals surface area contributed by atoms with Gasteiger partial charge in [-0.25, -0.2) is 9.97 Å². The number of rotatable bonds is 1. The van der Waals surface area contributed by atoms with Crippen LogP contribution in [0.5, 0.6) is 0 Å². The van der Waals surface area contributed by atoms with E-state index in [1.165, 1.54) is 22.3 Å². The van der Waals surface area contributed by atoms with Gasteiger partial charge in [0, 0.05) is 39.0 Å². The first-order valence-corrected chi connectivity index (χ1v) is 13.8. The van der Waals surface area contributed by atoms with Crippen molar-refractivity contribution in [1.82, 2.24) is 9.97 Å².